The first-order chi connectivity index (χ1) is 15.8. The van der Waals surface area contributed by atoms with Crippen LogP contribution in [0.3, 0.4) is 0 Å². The lowest BCUT2D eigenvalue weighted by atomic mass is 9.87. The first-order valence-corrected chi connectivity index (χ1v) is 10.9. The van der Waals surface area contributed by atoms with Crippen molar-refractivity contribution in [2.24, 2.45) is 0 Å². The third-order valence-corrected chi connectivity index (χ3v) is 5.75. The minimum Gasteiger partial charge on any atom is -0.497 e. The molecule has 1 aliphatic rings. The topological polar surface area (TPSA) is 58.6 Å². The molecule has 5 heteroatoms. The zero-order valence-corrected chi connectivity index (χ0v) is 19.4. The number of hydrogen-bond acceptors (Lipinski definition) is 4. The molecule has 2 amide bonds. The van der Waals surface area contributed by atoms with Crippen LogP contribution in [0.25, 0.3) is 5.57 Å². The van der Waals surface area contributed by atoms with Crippen LogP contribution in [0, 0.1) is 0 Å². The lowest BCUT2D eigenvalue weighted by molar-refractivity contribution is -0.137. The average molecular weight is 441 g/mol. The third-order valence-electron chi connectivity index (χ3n) is 5.75. The highest BCUT2D eigenvalue weighted by molar-refractivity contribution is 6.36. The van der Waals surface area contributed by atoms with E-state index in [1.807, 2.05) is 78.9 Å². The summed E-state index contributed by atoms with van der Waals surface area (Å²) in [6.07, 6.45) is 0. The van der Waals surface area contributed by atoms with Crippen molar-refractivity contribution >= 4 is 23.1 Å². The number of imide groups is 1. The molecule has 1 heterocycles. The van der Waals surface area contributed by atoms with Gasteiger partial charge in [-0.25, -0.2) is 0 Å². The highest BCUT2D eigenvalue weighted by Gasteiger charge is 2.39. The second-order valence-corrected chi connectivity index (χ2v) is 9.11. The quantitative estimate of drug-likeness (QED) is 0.523. The van der Waals surface area contributed by atoms with Crippen molar-refractivity contribution in [1.29, 1.82) is 0 Å². The van der Waals surface area contributed by atoms with Gasteiger partial charge in [0.25, 0.3) is 11.8 Å². The Balaban J connectivity index is 1.67. The number of carbonyl (C=O) groups is 2. The second-order valence-electron chi connectivity index (χ2n) is 9.11. The number of benzene rings is 3. The molecule has 0 aromatic heterocycles. The predicted molar refractivity (Wildman–Crippen MR) is 131 cm³/mol. The summed E-state index contributed by atoms with van der Waals surface area (Å²) in [6.45, 7) is 6.65. The molecule has 3 aromatic carbocycles. The normalized spacial score (nSPS) is 14.1. The summed E-state index contributed by atoms with van der Waals surface area (Å²) in [7, 11) is 1.60. The maximum Gasteiger partial charge on any atom is 0.278 e. The smallest absolute Gasteiger partial charge is 0.278 e. The monoisotopic (exact) mass is 440 g/mol. The molecule has 0 saturated heterocycles. The number of anilines is 1. The van der Waals surface area contributed by atoms with Gasteiger partial charge in [0, 0.05) is 5.69 Å². The van der Waals surface area contributed by atoms with Crippen LogP contribution in [0.1, 0.15) is 37.5 Å². The Hall–Kier alpha value is -3.86. The Morgan fingerprint density at radius 1 is 0.818 bits per heavy atom. The van der Waals surface area contributed by atoms with Gasteiger partial charge in [-0.05, 0) is 46.4 Å². The molecule has 0 unspecified atom stereocenters. The SMILES string of the molecule is COc1ccc(CN2C(=O)C(Nc3ccc(C(C)(C)C)cc3)=C(c3ccccc3)C2=O)cc1. The van der Waals surface area contributed by atoms with E-state index in [2.05, 4.69) is 26.1 Å². The number of methoxy groups -OCH3 is 1. The zero-order chi connectivity index (χ0) is 23.6. The Morgan fingerprint density at radius 2 is 1.45 bits per heavy atom. The van der Waals surface area contributed by atoms with Gasteiger partial charge in [-0.2, -0.15) is 0 Å². The number of nitrogens with one attached hydrogen (secondary N) is 1. The van der Waals surface area contributed by atoms with E-state index in [9.17, 15) is 9.59 Å². The number of ether oxygens (including phenoxy) is 1. The summed E-state index contributed by atoms with van der Waals surface area (Å²) >= 11 is 0. The Morgan fingerprint density at radius 3 is 2.03 bits per heavy atom. The fourth-order valence-electron chi connectivity index (χ4n) is 3.82. The molecule has 1 aliphatic heterocycles. The largest absolute Gasteiger partial charge is 0.497 e. The molecule has 33 heavy (non-hydrogen) atoms. The molecule has 0 bridgehead atoms. The van der Waals surface area contributed by atoms with Crippen molar-refractivity contribution in [2.75, 3.05) is 12.4 Å². The third kappa shape index (κ3) is 4.67. The maximum atomic E-state index is 13.4. The molecule has 0 radical (unpaired) electrons. The minimum atomic E-state index is -0.338. The van der Waals surface area contributed by atoms with Gasteiger partial charge in [-0.15, -0.1) is 0 Å². The number of hydrogen-bond donors (Lipinski definition) is 1. The van der Waals surface area contributed by atoms with Crippen molar-refractivity contribution in [3.8, 4) is 5.75 Å². The van der Waals surface area contributed by atoms with Crippen LogP contribution >= 0.6 is 0 Å². The van der Waals surface area contributed by atoms with Crippen molar-refractivity contribution in [3.05, 3.63) is 101 Å². The van der Waals surface area contributed by atoms with E-state index in [0.717, 1.165) is 17.0 Å². The zero-order valence-electron chi connectivity index (χ0n) is 19.4. The summed E-state index contributed by atoms with van der Waals surface area (Å²) in [6, 6.07) is 24.6. The summed E-state index contributed by atoms with van der Waals surface area (Å²) < 4.78 is 5.20. The molecule has 0 fully saturated rings. The van der Waals surface area contributed by atoms with E-state index in [-0.39, 0.29) is 23.8 Å². The van der Waals surface area contributed by atoms with Gasteiger partial charge in [0.2, 0.25) is 0 Å². The highest BCUT2D eigenvalue weighted by Crippen LogP contribution is 2.32. The van der Waals surface area contributed by atoms with Gasteiger partial charge in [0.15, 0.2) is 0 Å². The molecule has 4 rings (SSSR count). The molecule has 0 aliphatic carbocycles. The summed E-state index contributed by atoms with van der Waals surface area (Å²) in [5.74, 6) is 0.0763. The van der Waals surface area contributed by atoms with Gasteiger partial charge in [-0.3, -0.25) is 14.5 Å². The van der Waals surface area contributed by atoms with Crippen molar-refractivity contribution in [3.63, 3.8) is 0 Å². The highest BCUT2D eigenvalue weighted by atomic mass is 16.5. The van der Waals surface area contributed by atoms with Crippen LogP contribution in [0.4, 0.5) is 5.69 Å². The Kier molecular flexibility index (Phi) is 6.05. The number of rotatable bonds is 6. The standard InChI is InChI=1S/C28H28N2O3/c1-28(2,3)21-12-14-22(15-13-21)29-25-24(20-8-6-5-7-9-20)26(31)30(27(25)32)18-19-10-16-23(33-4)17-11-19/h5-17,29H,18H2,1-4H3. The second kappa shape index (κ2) is 8.94. The average Bonchev–Trinajstić information content (AvgIpc) is 3.04. The van der Waals surface area contributed by atoms with Gasteiger partial charge in [0.05, 0.1) is 19.2 Å². The predicted octanol–water partition coefficient (Wildman–Crippen LogP) is 5.38. The summed E-state index contributed by atoms with van der Waals surface area (Å²) in [4.78, 5) is 28.1. The van der Waals surface area contributed by atoms with Gasteiger partial charge < -0.3 is 10.1 Å². The lowest BCUT2D eigenvalue weighted by Crippen LogP contribution is -2.32. The molecule has 1 N–H and O–H groups in total. The lowest BCUT2D eigenvalue weighted by Gasteiger charge is -2.19. The number of nitrogens with zero attached hydrogens (tertiary/aromatic N) is 1. The fraction of sp³-hybridized carbons (Fsp3) is 0.214. The van der Waals surface area contributed by atoms with Crippen LogP contribution in [-0.4, -0.2) is 23.8 Å². The molecule has 0 saturated carbocycles. The first-order valence-electron chi connectivity index (χ1n) is 10.9. The molecular formula is C28H28N2O3. The Labute approximate surface area is 194 Å². The van der Waals surface area contributed by atoms with Crippen LogP contribution in [0.5, 0.6) is 5.75 Å². The molecule has 5 nitrogen and oxygen atoms in total. The number of amides is 2. The van der Waals surface area contributed by atoms with Crippen LogP contribution in [-0.2, 0) is 21.5 Å². The van der Waals surface area contributed by atoms with Crippen molar-refractivity contribution in [2.45, 2.75) is 32.7 Å². The van der Waals surface area contributed by atoms with Crippen LogP contribution in [0.15, 0.2) is 84.6 Å². The van der Waals surface area contributed by atoms with E-state index in [1.54, 1.807) is 7.11 Å². The van der Waals surface area contributed by atoms with Gasteiger partial charge in [-0.1, -0.05) is 75.4 Å². The molecular weight excluding hydrogens is 412 g/mol. The van der Waals surface area contributed by atoms with Crippen LogP contribution in [0.2, 0.25) is 0 Å². The molecule has 3 aromatic rings. The minimum absolute atomic E-state index is 0.0291. The van der Waals surface area contributed by atoms with E-state index in [0.29, 0.717) is 16.8 Å². The van der Waals surface area contributed by atoms with E-state index in [1.165, 1.54) is 10.5 Å². The Bertz CT molecular complexity index is 1190. The van der Waals surface area contributed by atoms with Crippen molar-refractivity contribution in [1.82, 2.24) is 4.90 Å². The van der Waals surface area contributed by atoms with Crippen LogP contribution < -0.4 is 10.1 Å². The summed E-state index contributed by atoms with van der Waals surface area (Å²) in [5.41, 5.74) is 4.22. The molecule has 168 valence electrons. The van der Waals surface area contributed by atoms with E-state index in [4.69, 9.17) is 4.74 Å². The first kappa shape index (κ1) is 22.3. The van der Waals surface area contributed by atoms with Crippen molar-refractivity contribution < 1.29 is 14.3 Å². The van der Waals surface area contributed by atoms with Gasteiger partial charge >= 0.3 is 0 Å². The molecule has 0 atom stereocenters. The van der Waals surface area contributed by atoms with Gasteiger partial charge in [0.1, 0.15) is 11.4 Å². The summed E-state index contributed by atoms with van der Waals surface area (Å²) in [5, 5.41) is 3.23. The number of carbonyl (C=O) groups excluding carboxylic acids is 2. The maximum absolute atomic E-state index is 13.4. The fourth-order valence-corrected chi connectivity index (χ4v) is 3.82. The van der Waals surface area contributed by atoms with E-state index < -0.39 is 0 Å². The molecule has 0 spiro atoms. The van der Waals surface area contributed by atoms with E-state index >= 15 is 0 Å².